The van der Waals surface area contributed by atoms with E-state index in [1.54, 1.807) is 43.8 Å². The minimum atomic E-state index is -0.174. The predicted octanol–water partition coefficient (Wildman–Crippen LogP) is 4.01. The largest absolute Gasteiger partial charge is 0.495 e. The lowest BCUT2D eigenvalue weighted by molar-refractivity contribution is 0.102. The summed E-state index contributed by atoms with van der Waals surface area (Å²) in [5, 5.41) is 2.86. The van der Waals surface area contributed by atoms with Crippen molar-refractivity contribution in [3.05, 3.63) is 78.6 Å². The van der Waals surface area contributed by atoms with Crippen LogP contribution in [0.4, 0.5) is 5.69 Å². The van der Waals surface area contributed by atoms with Crippen LogP contribution in [0.25, 0.3) is 11.1 Å². The van der Waals surface area contributed by atoms with Crippen LogP contribution in [0.5, 0.6) is 5.75 Å². The number of carbonyl (C=O) groups is 1. The maximum absolute atomic E-state index is 12.4. The van der Waals surface area contributed by atoms with Crippen molar-refractivity contribution in [1.29, 1.82) is 0 Å². The fraction of sp³-hybridized carbons (Fsp3) is 0.0526. The van der Waals surface area contributed by atoms with E-state index in [0.29, 0.717) is 17.0 Å². The third-order valence-corrected chi connectivity index (χ3v) is 3.50. The van der Waals surface area contributed by atoms with Crippen molar-refractivity contribution in [2.45, 2.75) is 0 Å². The molecule has 0 aliphatic carbocycles. The first-order chi connectivity index (χ1) is 11.3. The molecule has 0 aliphatic heterocycles. The van der Waals surface area contributed by atoms with Gasteiger partial charge in [0.05, 0.1) is 12.8 Å². The molecule has 1 aromatic heterocycles. The SMILES string of the molecule is COc1ccccc1NC(=O)c1ccc(-c2cccnc2)cc1. The van der Waals surface area contributed by atoms with Gasteiger partial charge < -0.3 is 10.1 Å². The van der Waals surface area contributed by atoms with Crippen LogP contribution in [0.2, 0.25) is 0 Å². The quantitative estimate of drug-likeness (QED) is 0.792. The monoisotopic (exact) mass is 304 g/mol. The average Bonchev–Trinajstić information content (AvgIpc) is 2.63. The fourth-order valence-corrected chi connectivity index (χ4v) is 2.29. The number of nitrogens with zero attached hydrogens (tertiary/aromatic N) is 1. The van der Waals surface area contributed by atoms with Crippen molar-refractivity contribution >= 4 is 11.6 Å². The minimum Gasteiger partial charge on any atom is -0.495 e. The highest BCUT2D eigenvalue weighted by Gasteiger charge is 2.09. The van der Waals surface area contributed by atoms with E-state index in [9.17, 15) is 4.79 Å². The Bertz CT molecular complexity index is 799. The molecular formula is C19H16N2O2. The van der Waals surface area contributed by atoms with Crippen LogP contribution >= 0.6 is 0 Å². The Hall–Kier alpha value is -3.14. The number of pyridine rings is 1. The summed E-state index contributed by atoms with van der Waals surface area (Å²) in [6.45, 7) is 0. The molecule has 4 nitrogen and oxygen atoms in total. The maximum atomic E-state index is 12.4. The number of methoxy groups -OCH3 is 1. The molecule has 4 heteroatoms. The summed E-state index contributed by atoms with van der Waals surface area (Å²) in [6.07, 6.45) is 3.53. The second-order valence-electron chi connectivity index (χ2n) is 4.97. The molecule has 1 heterocycles. The van der Waals surface area contributed by atoms with E-state index >= 15 is 0 Å². The van der Waals surface area contributed by atoms with Gasteiger partial charge >= 0.3 is 0 Å². The standard InChI is InChI=1S/C19H16N2O2/c1-23-18-7-3-2-6-17(18)21-19(22)15-10-8-14(9-11-15)16-5-4-12-20-13-16/h2-13H,1H3,(H,21,22). The molecule has 0 unspecified atom stereocenters. The summed E-state index contributed by atoms with van der Waals surface area (Å²) >= 11 is 0. The van der Waals surface area contributed by atoms with Crippen molar-refractivity contribution in [2.75, 3.05) is 12.4 Å². The zero-order valence-electron chi connectivity index (χ0n) is 12.7. The van der Waals surface area contributed by atoms with Gasteiger partial charge in [-0.3, -0.25) is 9.78 Å². The number of hydrogen-bond donors (Lipinski definition) is 1. The number of ether oxygens (including phenoxy) is 1. The summed E-state index contributed by atoms with van der Waals surface area (Å²) in [4.78, 5) is 16.5. The normalized spacial score (nSPS) is 10.1. The van der Waals surface area contributed by atoms with Crippen LogP contribution in [0, 0.1) is 0 Å². The van der Waals surface area contributed by atoms with Crippen LogP contribution < -0.4 is 10.1 Å². The molecule has 0 aliphatic rings. The number of benzene rings is 2. The lowest BCUT2D eigenvalue weighted by atomic mass is 10.1. The van der Waals surface area contributed by atoms with E-state index in [1.807, 2.05) is 36.4 Å². The van der Waals surface area contributed by atoms with E-state index in [4.69, 9.17) is 4.74 Å². The van der Waals surface area contributed by atoms with Crippen molar-refractivity contribution in [2.24, 2.45) is 0 Å². The molecule has 1 amide bonds. The maximum Gasteiger partial charge on any atom is 0.255 e. The number of amides is 1. The molecule has 0 radical (unpaired) electrons. The molecule has 0 bridgehead atoms. The summed E-state index contributed by atoms with van der Waals surface area (Å²) in [5.74, 6) is 0.458. The number of hydrogen-bond acceptors (Lipinski definition) is 3. The Labute approximate surface area is 134 Å². The van der Waals surface area contributed by atoms with E-state index in [1.165, 1.54) is 0 Å². The molecular weight excluding hydrogens is 288 g/mol. The summed E-state index contributed by atoms with van der Waals surface area (Å²) in [6, 6.07) is 18.6. The van der Waals surface area contributed by atoms with E-state index in [0.717, 1.165) is 11.1 Å². The van der Waals surface area contributed by atoms with Crippen LogP contribution in [0.15, 0.2) is 73.1 Å². The summed E-state index contributed by atoms with van der Waals surface area (Å²) in [7, 11) is 1.58. The first kappa shape index (κ1) is 14.8. The van der Waals surface area contributed by atoms with Gasteiger partial charge in [-0.2, -0.15) is 0 Å². The Morgan fingerprint density at radius 1 is 0.957 bits per heavy atom. The number of rotatable bonds is 4. The topological polar surface area (TPSA) is 51.2 Å². The van der Waals surface area contributed by atoms with Crippen LogP contribution in [-0.4, -0.2) is 18.0 Å². The van der Waals surface area contributed by atoms with Crippen molar-refractivity contribution in [3.63, 3.8) is 0 Å². The predicted molar refractivity (Wildman–Crippen MR) is 90.6 cm³/mol. The number of nitrogens with one attached hydrogen (secondary N) is 1. The van der Waals surface area contributed by atoms with E-state index in [2.05, 4.69) is 10.3 Å². The Morgan fingerprint density at radius 2 is 1.74 bits per heavy atom. The minimum absolute atomic E-state index is 0.174. The second-order valence-corrected chi connectivity index (χ2v) is 4.97. The highest BCUT2D eigenvalue weighted by Crippen LogP contribution is 2.24. The van der Waals surface area contributed by atoms with Crippen LogP contribution in [0.1, 0.15) is 10.4 Å². The van der Waals surface area contributed by atoms with Gasteiger partial charge in [-0.25, -0.2) is 0 Å². The van der Waals surface area contributed by atoms with Gasteiger partial charge in [-0.05, 0) is 41.5 Å². The van der Waals surface area contributed by atoms with Crippen LogP contribution in [-0.2, 0) is 0 Å². The molecule has 3 aromatic rings. The average molecular weight is 304 g/mol. The molecule has 0 atom stereocenters. The van der Waals surface area contributed by atoms with Gasteiger partial charge in [0.25, 0.3) is 5.91 Å². The highest BCUT2D eigenvalue weighted by atomic mass is 16.5. The van der Waals surface area contributed by atoms with Gasteiger partial charge in [-0.15, -0.1) is 0 Å². The van der Waals surface area contributed by atoms with Gasteiger partial charge in [0.15, 0.2) is 0 Å². The van der Waals surface area contributed by atoms with Crippen molar-refractivity contribution in [3.8, 4) is 16.9 Å². The number of para-hydroxylation sites is 2. The molecule has 114 valence electrons. The summed E-state index contributed by atoms with van der Waals surface area (Å²) < 4.78 is 5.24. The molecule has 0 saturated heterocycles. The molecule has 0 fully saturated rings. The van der Waals surface area contributed by atoms with E-state index < -0.39 is 0 Å². The molecule has 23 heavy (non-hydrogen) atoms. The molecule has 3 rings (SSSR count). The lowest BCUT2D eigenvalue weighted by Crippen LogP contribution is -2.12. The highest BCUT2D eigenvalue weighted by molar-refractivity contribution is 6.05. The Morgan fingerprint density at radius 3 is 2.43 bits per heavy atom. The molecule has 0 saturated carbocycles. The van der Waals surface area contributed by atoms with E-state index in [-0.39, 0.29) is 5.91 Å². The summed E-state index contributed by atoms with van der Waals surface area (Å²) in [5.41, 5.74) is 3.27. The second kappa shape index (κ2) is 6.75. The van der Waals surface area contributed by atoms with Gasteiger partial charge in [0.2, 0.25) is 0 Å². The fourth-order valence-electron chi connectivity index (χ4n) is 2.29. The third-order valence-electron chi connectivity index (χ3n) is 3.50. The van der Waals surface area contributed by atoms with Gasteiger partial charge in [-0.1, -0.05) is 30.3 Å². The first-order valence-electron chi connectivity index (χ1n) is 7.23. The first-order valence-corrected chi connectivity index (χ1v) is 7.23. The van der Waals surface area contributed by atoms with Crippen LogP contribution in [0.3, 0.4) is 0 Å². The van der Waals surface area contributed by atoms with Gasteiger partial charge in [0.1, 0.15) is 5.75 Å². The van der Waals surface area contributed by atoms with Crippen molar-refractivity contribution in [1.82, 2.24) is 4.98 Å². The Balaban J connectivity index is 1.78. The zero-order valence-corrected chi connectivity index (χ0v) is 12.7. The zero-order chi connectivity index (χ0) is 16.1. The molecule has 0 spiro atoms. The lowest BCUT2D eigenvalue weighted by Gasteiger charge is -2.10. The van der Waals surface area contributed by atoms with Crippen molar-refractivity contribution < 1.29 is 9.53 Å². The Kier molecular flexibility index (Phi) is 4.34. The number of aromatic nitrogens is 1. The third kappa shape index (κ3) is 3.37. The molecule has 2 aromatic carbocycles. The number of carbonyl (C=O) groups excluding carboxylic acids is 1. The number of anilines is 1. The molecule has 1 N–H and O–H groups in total. The smallest absolute Gasteiger partial charge is 0.255 e. The van der Waals surface area contributed by atoms with Gasteiger partial charge in [0, 0.05) is 18.0 Å².